The van der Waals surface area contributed by atoms with Gasteiger partial charge in [-0.1, -0.05) is 0 Å². The lowest BCUT2D eigenvalue weighted by molar-refractivity contribution is 0.894. The average Bonchev–Trinajstić information content (AvgIpc) is 2.65. The van der Waals surface area contributed by atoms with Crippen LogP contribution in [-0.2, 0) is 0 Å². The van der Waals surface area contributed by atoms with Gasteiger partial charge in [-0.05, 0) is 32.4 Å². The number of nitrogens with zero attached hydrogens (tertiary/aromatic N) is 5. The van der Waals surface area contributed by atoms with Crippen LogP contribution < -0.4 is 4.90 Å². The van der Waals surface area contributed by atoms with Crippen LogP contribution in [0.2, 0.25) is 0 Å². The molecule has 0 aromatic carbocycles. The average molecular weight is 255 g/mol. The molecule has 3 aromatic heterocycles. The topological polar surface area (TPSA) is 46.3 Å². The summed E-state index contributed by atoms with van der Waals surface area (Å²) >= 11 is 0. The minimum Gasteiger partial charge on any atom is -0.363 e. The van der Waals surface area contributed by atoms with Gasteiger partial charge in [0.15, 0.2) is 11.3 Å². The van der Waals surface area contributed by atoms with Gasteiger partial charge in [-0.15, -0.1) is 5.10 Å². The van der Waals surface area contributed by atoms with Crippen LogP contribution in [0.4, 0.5) is 5.82 Å². The molecule has 3 rings (SSSR count). The van der Waals surface area contributed by atoms with Crippen LogP contribution in [-0.4, -0.2) is 33.7 Å². The number of rotatable bonds is 1. The molecule has 0 fully saturated rings. The lowest BCUT2D eigenvalue weighted by Crippen LogP contribution is -2.14. The van der Waals surface area contributed by atoms with Gasteiger partial charge in [0, 0.05) is 31.5 Å². The maximum atomic E-state index is 4.63. The molecule has 0 unspecified atom stereocenters. The van der Waals surface area contributed by atoms with Gasteiger partial charge in [-0.25, -0.2) is 9.97 Å². The van der Waals surface area contributed by atoms with Crippen molar-refractivity contribution in [2.45, 2.75) is 20.8 Å². The Hall–Kier alpha value is -2.17. The molecule has 0 radical (unpaired) electrons. The summed E-state index contributed by atoms with van der Waals surface area (Å²) in [7, 11) is 4.01. The highest BCUT2D eigenvalue weighted by atomic mass is 15.3. The van der Waals surface area contributed by atoms with Crippen molar-refractivity contribution in [3.8, 4) is 0 Å². The molecule has 0 saturated carbocycles. The molecule has 0 amide bonds. The molecule has 3 heterocycles. The van der Waals surface area contributed by atoms with Crippen LogP contribution in [0.1, 0.15) is 17.0 Å². The van der Waals surface area contributed by atoms with E-state index in [1.807, 2.05) is 43.4 Å². The molecule has 0 aliphatic heterocycles. The summed E-state index contributed by atoms with van der Waals surface area (Å²) in [6.07, 6.45) is 0. The van der Waals surface area contributed by atoms with Gasteiger partial charge in [0.25, 0.3) is 0 Å². The number of hydrogen-bond acceptors (Lipinski definition) is 4. The van der Waals surface area contributed by atoms with Gasteiger partial charge < -0.3 is 4.90 Å². The van der Waals surface area contributed by atoms with E-state index < -0.39 is 0 Å². The number of anilines is 1. The lowest BCUT2D eigenvalue weighted by atomic mass is 10.2. The van der Waals surface area contributed by atoms with E-state index in [1.165, 1.54) is 5.56 Å². The van der Waals surface area contributed by atoms with Crippen LogP contribution in [0.25, 0.3) is 16.7 Å². The van der Waals surface area contributed by atoms with E-state index in [0.29, 0.717) is 0 Å². The first-order chi connectivity index (χ1) is 8.97. The molecule has 0 N–H and O–H groups in total. The summed E-state index contributed by atoms with van der Waals surface area (Å²) in [5.74, 6) is 1.01. The van der Waals surface area contributed by atoms with Gasteiger partial charge in [0.2, 0.25) is 0 Å². The number of pyridine rings is 1. The van der Waals surface area contributed by atoms with Crippen molar-refractivity contribution in [3.05, 3.63) is 29.1 Å². The Bertz CT molecular complexity index is 785. The lowest BCUT2D eigenvalue weighted by Gasteiger charge is -2.14. The first-order valence-corrected chi connectivity index (χ1v) is 6.29. The standard InChI is InChI=1S/C14H17N5/c1-8-6-9(2)15-13-12(8)14-16-10(3)7-11(18(4)5)19(14)17-13/h6-7H,1-5H3. The molecular weight excluding hydrogens is 238 g/mol. The molecule has 0 saturated heterocycles. The van der Waals surface area contributed by atoms with Gasteiger partial charge in [-0.3, -0.25) is 0 Å². The highest BCUT2D eigenvalue weighted by Crippen LogP contribution is 2.25. The maximum absolute atomic E-state index is 4.63. The highest BCUT2D eigenvalue weighted by Gasteiger charge is 2.14. The quantitative estimate of drug-likeness (QED) is 0.669. The van der Waals surface area contributed by atoms with E-state index in [0.717, 1.165) is 33.9 Å². The van der Waals surface area contributed by atoms with Crippen molar-refractivity contribution in [1.29, 1.82) is 0 Å². The fraction of sp³-hybridized carbons (Fsp3) is 0.357. The van der Waals surface area contributed by atoms with Gasteiger partial charge >= 0.3 is 0 Å². The molecule has 0 bridgehead atoms. The van der Waals surface area contributed by atoms with Crippen LogP contribution in [0.5, 0.6) is 0 Å². The first kappa shape index (κ1) is 11.9. The van der Waals surface area contributed by atoms with Crippen molar-refractivity contribution >= 4 is 22.5 Å². The van der Waals surface area contributed by atoms with Crippen molar-refractivity contribution in [3.63, 3.8) is 0 Å². The number of fused-ring (bicyclic) bond motifs is 3. The predicted molar refractivity (Wildman–Crippen MR) is 76.8 cm³/mol. The third-order valence-corrected chi connectivity index (χ3v) is 3.24. The summed E-state index contributed by atoms with van der Waals surface area (Å²) in [4.78, 5) is 11.2. The van der Waals surface area contributed by atoms with E-state index in [4.69, 9.17) is 0 Å². The van der Waals surface area contributed by atoms with E-state index in [2.05, 4.69) is 28.1 Å². The van der Waals surface area contributed by atoms with Crippen molar-refractivity contribution in [2.24, 2.45) is 0 Å². The second kappa shape index (κ2) is 3.91. The summed E-state index contributed by atoms with van der Waals surface area (Å²) in [5, 5.41) is 5.64. The summed E-state index contributed by atoms with van der Waals surface area (Å²) < 4.78 is 1.87. The van der Waals surface area contributed by atoms with Crippen LogP contribution in [0.3, 0.4) is 0 Å². The highest BCUT2D eigenvalue weighted by molar-refractivity contribution is 5.93. The molecule has 5 heteroatoms. The zero-order chi connectivity index (χ0) is 13.7. The molecule has 0 aliphatic carbocycles. The smallest absolute Gasteiger partial charge is 0.184 e. The van der Waals surface area contributed by atoms with Gasteiger partial charge in [-0.2, -0.15) is 4.52 Å². The Balaban J connectivity index is 2.54. The largest absolute Gasteiger partial charge is 0.363 e. The Morgan fingerprint density at radius 1 is 1.00 bits per heavy atom. The summed E-state index contributed by atoms with van der Waals surface area (Å²) in [6.45, 7) is 6.07. The van der Waals surface area contributed by atoms with Crippen LogP contribution in [0.15, 0.2) is 12.1 Å². The van der Waals surface area contributed by atoms with E-state index in [-0.39, 0.29) is 0 Å². The molecule has 0 aliphatic rings. The number of hydrogen-bond donors (Lipinski definition) is 0. The Morgan fingerprint density at radius 2 is 1.68 bits per heavy atom. The second-order valence-electron chi connectivity index (χ2n) is 5.16. The predicted octanol–water partition coefficient (Wildman–Crippen LogP) is 2.27. The van der Waals surface area contributed by atoms with E-state index in [9.17, 15) is 0 Å². The minimum atomic E-state index is 0.763. The minimum absolute atomic E-state index is 0.763. The molecule has 19 heavy (non-hydrogen) atoms. The normalized spacial score (nSPS) is 11.4. The fourth-order valence-corrected chi connectivity index (χ4v) is 2.44. The fourth-order valence-electron chi connectivity index (χ4n) is 2.44. The van der Waals surface area contributed by atoms with E-state index in [1.54, 1.807) is 0 Å². The first-order valence-electron chi connectivity index (χ1n) is 6.29. The molecule has 5 nitrogen and oxygen atoms in total. The zero-order valence-corrected chi connectivity index (χ0v) is 11.9. The van der Waals surface area contributed by atoms with E-state index >= 15 is 0 Å². The third kappa shape index (κ3) is 1.73. The number of aryl methyl sites for hydroxylation is 3. The summed E-state index contributed by atoms with van der Waals surface area (Å²) in [5.41, 5.74) is 4.78. The second-order valence-corrected chi connectivity index (χ2v) is 5.16. The summed E-state index contributed by atoms with van der Waals surface area (Å²) in [6, 6.07) is 4.10. The molecule has 0 spiro atoms. The zero-order valence-electron chi connectivity index (χ0n) is 11.9. The molecule has 98 valence electrons. The van der Waals surface area contributed by atoms with Crippen molar-refractivity contribution in [1.82, 2.24) is 19.6 Å². The SMILES string of the molecule is Cc1cc(C)c2c(n1)nn1c(N(C)C)cc(C)nc21. The third-order valence-electron chi connectivity index (χ3n) is 3.24. The molecule has 3 aromatic rings. The van der Waals surface area contributed by atoms with Gasteiger partial charge in [0.05, 0.1) is 5.39 Å². The monoisotopic (exact) mass is 255 g/mol. The van der Waals surface area contributed by atoms with Crippen molar-refractivity contribution < 1.29 is 0 Å². The van der Waals surface area contributed by atoms with Crippen molar-refractivity contribution in [2.75, 3.05) is 19.0 Å². The van der Waals surface area contributed by atoms with Crippen LogP contribution >= 0.6 is 0 Å². The van der Waals surface area contributed by atoms with Crippen LogP contribution in [0, 0.1) is 20.8 Å². The van der Waals surface area contributed by atoms with Gasteiger partial charge in [0.1, 0.15) is 5.82 Å². The molecular formula is C14H17N5. The Labute approximate surface area is 111 Å². The maximum Gasteiger partial charge on any atom is 0.184 e. The Kier molecular flexibility index (Phi) is 2.45. The Morgan fingerprint density at radius 3 is 2.37 bits per heavy atom. The number of aromatic nitrogens is 4. The molecule has 0 atom stereocenters.